The lowest BCUT2D eigenvalue weighted by molar-refractivity contribution is -0.138. The normalized spacial score (nSPS) is 15.0. The molecule has 1 aliphatic rings. The zero-order chi connectivity index (χ0) is 20.9. The average Bonchev–Trinajstić information content (AvgIpc) is 2.79. The summed E-state index contributed by atoms with van der Waals surface area (Å²) in [6.45, 7) is 4.17. The number of nitrogens with zero attached hydrogens (tertiary/aromatic N) is 4. The zero-order valence-electron chi connectivity index (χ0n) is 16.7. The molecule has 3 aromatic rings. The summed E-state index contributed by atoms with van der Waals surface area (Å²) in [6, 6.07) is 17.8. The summed E-state index contributed by atoms with van der Waals surface area (Å²) in [5.41, 5.74) is 1.91. The van der Waals surface area contributed by atoms with Crippen LogP contribution in [0.2, 0.25) is 0 Å². The maximum atomic E-state index is 13.3. The number of hydrogen-bond acceptors (Lipinski definition) is 5. The van der Waals surface area contributed by atoms with E-state index in [4.69, 9.17) is 4.74 Å². The number of piperazine rings is 1. The van der Waals surface area contributed by atoms with Crippen molar-refractivity contribution >= 4 is 11.7 Å². The van der Waals surface area contributed by atoms with Gasteiger partial charge in [0.05, 0.1) is 5.69 Å². The number of carbonyl (C=O) groups is 1. The SMILES string of the molecule is CC(Oc1cccc(F)c1)C(=O)N1CCN(c2cc(-c3ccccc3)ncn2)CC1. The third-order valence-corrected chi connectivity index (χ3v) is 5.09. The van der Waals surface area contributed by atoms with Gasteiger partial charge in [0.15, 0.2) is 6.10 Å². The van der Waals surface area contributed by atoms with Crippen molar-refractivity contribution in [1.29, 1.82) is 0 Å². The van der Waals surface area contributed by atoms with E-state index in [1.165, 1.54) is 12.1 Å². The summed E-state index contributed by atoms with van der Waals surface area (Å²) in [4.78, 5) is 25.4. The predicted molar refractivity (Wildman–Crippen MR) is 113 cm³/mol. The number of halogens is 1. The van der Waals surface area contributed by atoms with Crippen LogP contribution < -0.4 is 9.64 Å². The Bertz CT molecular complexity index is 1010. The summed E-state index contributed by atoms with van der Waals surface area (Å²) >= 11 is 0. The van der Waals surface area contributed by atoms with Gasteiger partial charge in [0, 0.05) is 43.9 Å². The Morgan fingerprint density at radius 2 is 1.77 bits per heavy atom. The van der Waals surface area contributed by atoms with E-state index in [1.54, 1.807) is 30.3 Å². The molecule has 0 radical (unpaired) electrons. The number of rotatable bonds is 5. The minimum atomic E-state index is -0.679. The predicted octanol–water partition coefficient (Wildman–Crippen LogP) is 3.40. The lowest BCUT2D eigenvalue weighted by Gasteiger charge is -2.36. The van der Waals surface area contributed by atoms with Crippen LogP contribution in [0.15, 0.2) is 67.0 Å². The average molecular weight is 406 g/mol. The van der Waals surface area contributed by atoms with Gasteiger partial charge in [-0.05, 0) is 19.1 Å². The summed E-state index contributed by atoms with van der Waals surface area (Å²) in [5, 5.41) is 0. The molecule has 30 heavy (non-hydrogen) atoms. The number of anilines is 1. The Hall–Kier alpha value is -3.48. The first-order valence-electron chi connectivity index (χ1n) is 9.93. The molecule has 154 valence electrons. The van der Waals surface area contributed by atoms with Crippen molar-refractivity contribution < 1.29 is 13.9 Å². The topological polar surface area (TPSA) is 58.6 Å². The first kappa shape index (κ1) is 19.8. The van der Waals surface area contributed by atoms with Crippen LogP contribution in [0.4, 0.5) is 10.2 Å². The quantitative estimate of drug-likeness (QED) is 0.650. The van der Waals surface area contributed by atoms with Gasteiger partial charge in [0.1, 0.15) is 23.7 Å². The largest absolute Gasteiger partial charge is 0.481 e. The molecule has 1 aliphatic heterocycles. The zero-order valence-corrected chi connectivity index (χ0v) is 16.7. The van der Waals surface area contributed by atoms with E-state index in [0.717, 1.165) is 17.1 Å². The van der Waals surface area contributed by atoms with Crippen molar-refractivity contribution in [3.8, 4) is 17.0 Å². The molecule has 4 rings (SSSR count). The van der Waals surface area contributed by atoms with Gasteiger partial charge in [-0.15, -0.1) is 0 Å². The van der Waals surface area contributed by atoms with Crippen molar-refractivity contribution in [3.63, 3.8) is 0 Å². The van der Waals surface area contributed by atoms with Crippen molar-refractivity contribution in [2.45, 2.75) is 13.0 Å². The Morgan fingerprint density at radius 1 is 1.00 bits per heavy atom. The summed E-state index contributed by atoms with van der Waals surface area (Å²) in [7, 11) is 0. The van der Waals surface area contributed by atoms with E-state index in [0.29, 0.717) is 31.9 Å². The first-order chi connectivity index (χ1) is 14.6. The second kappa shape index (κ2) is 8.90. The van der Waals surface area contributed by atoms with Crippen LogP contribution in [-0.2, 0) is 4.79 Å². The van der Waals surface area contributed by atoms with Crippen LogP contribution in [0.25, 0.3) is 11.3 Å². The van der Waals surface area contributed by atoms with E-state index >= 15 is 0 Å². The second-order valence-electron chi connectivity index (χ2n) is 7.16. The standard InChI is InChI=1S/C23H23FN4O2/c1-17(30-20-9-5-8-19(24)14-20)23(29)28-12-10-27(11-13-28)22-15-21(25-16-26-22)18-6-3-2-4-7-18/h2-9,14-17H,10-13H2,1H3. The monoisotopic (exact) mass is 406 g/mol. The van der Waals surface area contributed by atoms with Crippen molar-refractivity contribution in [3.05, 3.63) is 72.8 Å². The molecular weight excluding hydrogens is 383 g/mol. The molecule has 1 fully saturated rings. The van der Waals surface area contributed by atoms with Gasteiger partial charge in [-0.1, -0.05) is 36.4 Å². The number of ether oxygens (including phenoxy) is 1. The van der Waals surface area contributed by atoms with Gasteiger partial charge in [0.2, 0.25) is 0 Å². The van der Waals surface area contributed by atoms with Crippen molar-refractivity contribution in [2.75, 3.05) is 31.1 Å². The molecule has 1 unspecified atom stereocenters. The summed E-state index contributed by atoms with van der Waals surface area (Å²) in [5.74, 6) is 0.705. The number of amides is 1. The van der Waals surface area contributed by atoms with E-state index in [1.807, 2.05) is 36.4 Å². The van der Waals surface area contributed by atoms with E-state index in [2.05, 4.69) is 14.9 Å². The molecule has 1 aromatic heterocycles. The highest BCUT2D eigenvalue weighted by Gasteiger charge is 2.26. The lowest BCUT2D eigenvalue weighted by atomic mass is 10.1. The fourth-order valence-corrected chi connectivity index (χ4v) is 3.49. The van der Waals surface area contributed by atoms with E-state index in [-0.39, 0.29) is 11.7 Å². The Labute approximate surface area is 174 Å². The molecule has 2 heterocycles. The Morgan fingerprint density at radius 3 is 2.50 bits per heavy atom. The van der Waals surface area contributed by atoms with Gasteiger partial charge in [0.25, 0.3) is 5.91 Å². The lowest BCUT2D eigenvalue weighted by Crippen LogP contribution is -2.52. The summed E-state index contributed by atoms with van der Waals surface area (Å²) in [6.07, 6.45) is 0.895. The van der Waals surface area contributed by atoms with Gasteiger partial charge >= 0.3 is 0 Å². The van der Waals surface area contributed by atoms with Crippen molar-refractivity contribution in [2.24, 2.45) is 0 Å². The maximum absolute atomic E-state index is 13.3. The smallest absolute Gasteiger partial charge is 0.263 e. The van der Waals surface area contributed by atoms with E-state index < -0.39 is 6.10 Å². The molecule has 2 aromatic carbocycles. The molecular formula is C23H23FN4O2. The molecule has 1 saturated heterocycles. The number of hydrogen-bond donors (Lipinski definition) is 0. The molecule has 0 spiro atoms. The maximum Gasteiger partial charge on any atom is 0.263 e. The molecule has 0 bridgehead atoms. The molecule has 0 saturated carbocycles. The minimum absolute atomic E-state index is 0.105. The third-order valence-electron chi connectivity index (χ3n) is 5.09. The van der Waals surface area contributed by atoms with Crippen LogP contribution in [-0.4, -0.2) is 53.1 Å². The fourth-order valence-electron chi connectivity index (χ4n) is 3.49. The highest BCUT2D eigenvalue weighted by Crippen LogP contribution is 2.22. The molecule has 1 amide bonds. The molecule has 1 atom stereocenters. The van der Waals surface area contributed by atoms with Gasteiger partial charge in [-0.3, -0.25) is 4.79 Å². The number of carbonyl (C=O) groups excluding carboxylic acids is 1. The van der Waals surface area contributed by atoms with Gasteiger partial charge in [-0.25, -0.2) is 14.4 Å². The van der Waals surface area contributed by atoms with Crippen LogP contribution in [0.3, 0.4) is 0 Å². The number of aromatic nitrogens is 2. The van der Waals surface area contributed by atoms with Crippen molar-refractivity contribution in [1.82, 2.24) is 14.9 Å². The molecule has 0 aliphatic carbocycles. The second-order valence-corrected chi connectivity index (χ2v) is 7.16. The van der Waals surface area contributed by atoms with Crippen LogP contribution in [0, 0.1) is 5.82 Å². The minimum Gasteiger partial charge on any atom is -0.481 e. The van der Waals surface area contributed by atoms with Crippen LogP contribution in [0.1, 0.15) is 6.92 Å². The summed E-state index contributed by atoms with van der Waals surface area (Å²) < 4.78 is 18.9. The van der Waals surface area contributed by atoms with Crippen LogP contribution >= 0.6 is 0 Å². The fraction of sp³-hybridized carbons (Fsp3) is 0.261. The molecule has 7 heteroatoms. The highest BCUT2D eigenvalue weighted by molar-refractivity contribution is 5.81. The molecule has 0 N–H and O–H groups in total. The first-order valence-corrected chi connectivity index (χ1v) is 9.93. The van der Waals surface area contributed by atoms with E-state index in [9.17, 15) is 9.18 Å². The highest BCUT2D eigenvalue weighted by atomic mass is 19.1. The number of benzene rings is 2. The van der Waals surface area contributed by atoms with Gasteiger partial charge in [-0.2, -0.15) is 0 Å². The Balaban J connectivity index is 1.36. The molecule has 6 nitrogen and oxygen atoms in total. The van der Waals surface area contributed by atoms with Crippen LogP contribution in [0.5, 0.6) is 5.75 Å². The van der Waals surface area contributed by atoms with Gasteiger partial charge < -0.3 is 14.5 Å². The third kappa shape index (κ3) is 4.56. The Kier molecular flexibility index (Phi) is 5.88.